The Morgan fingerprint density at radius 3 is 2.79 bits per heavy atom. The summed E-state index contributed by atoms with van der Waals surface area (Å²) in [7, 11) is 0. The number of oxazole rings is 1. The number of halogens is 1. The zero-order valence-electron chi connectivity index (χ0n) is 19.8. The summed E-state index contributed by atoms with van der Waals surface area (Å²) in [4.78, 5) is 9.13. The molecule has 0 aliphatic carbocycles. The first kappa shape index (κ1) is 26.0. The van der Waals surface area contributed by atoms with Crippen LogP contribution in [-0.2, 0) is 17.8 Å². The van der Waals surface area contributed by atoms with Crippen LogP contribution in [0.15, 0.2) is 64.1 Å². The molecule has 1 aliphatic heterocycles. The zero-order valence-corrected chi connectivity index (χ0v) is 22.1. The van der Waals surface area contributed by atoms with Gasteiger partial charge in [0.2, 0.25) is 5.89 Å². The van der Waals surface area contributed by atoms with Crippen LogP contribution in [0.5, 0.6) is 5.75 Å². The Labute approximate surface area is 218 Å². The molecule has 8 heteroatoms. The largest absolute Gasteiger partial charge is 0.491 e. The van der Waals surface area contributed by atoms with Gasteiger partial charge in [0.05, 0.1) is 25.4 Å². The molecule has 1 fully saturated rings. The summed E-state index contributed by atoms with van der Waals surface area (Å²) in [5, 5.41) is 6.58. The Morgan fingerprint density at radius 1 is 1.18 bits per heavy atom. The summed E-state index contributed by atoms with van der Waals surface area (Å²) < 4.78 is 17.7. The Balaban J connectivity index is 0.00000324. The standard InChI is InChI=1S/C26H32N4O3.HI/c1-3-27-26(30-17-25-28-16-24(33-25)20-8-5-4-6-9-20)29-15-21-12-11-19(2)14-23(21)32-18-22-10-7-13-31-22;/h4-6,8-9,11-12,14,16,22H,3,7,10,13,15,17-18H2,1-2H3,(H2,27,29,30);1H. The average molecular weight is 576 g/mol. The number of hydrogen-bond donors (Lipinski definition) is 2. The maximum absolute atomic E-state index is 6.11. The van der Waals surface area contributed by atoms with E-state index in [1.165, 1.54) is 0 Å². The van der Waals surface area contributed by atoms with Gasteiger partial charge in [-0.05, 0) is 38.3 Å². The van der Waals surface area contributed by atoms with Crippen LogP contribution in [0, 0.1) is 6.92 Å². The normalized spacial score (nSPS) is 15.6. The van der Waals surface area contributed by atoms with Gasteiger partial charge >= 0.3 is 0 Å². The number of guanidine groups is 1. The van der Waals surface area contributed by atoms with Crippen molar-refractivity contribution in [2.75, 3.05) is 19.8 Å². The summed E-state index contributed by atoms with van der Waals surface area (Å²) >= 11 is 0. The summed E-state index contributed by atoms with van der Waals surface area (Å²) in [5.74, 6) is 2.92. The van der Waals surface area contributed by atoms with Crippen molar-refractivity contribution in [1.82, 2.24) is 15.6 Å². The molecule has 2 heterocycles. The fourth-order valence-corrected chi connectivity index (χ4v) is 3.68. The number of nitrogens with zero attached hydrogens (tertiary/aromatic N) is 2. The third kappa shape index (κ3) is 7.46. The number of ether oxygens (including phenoxy) is 2. The van der Waals surface area contributed by atoms with Crippen molar-refractivity contribution in [3.8, 4) is 17.1 Å². The molecular weight excluding hydrogens is 543 g/mol. The first-order valence-electron chi connectivity index (χ1n) is 11.6. The predicted molar refractivity (Wildman–Crippen MR) is 145 cm³/mol. The number of aryl methyl sites for hydroxylation is 1. The second-order valence-electron chi connectivity index (χ2n) is 8.09. The highest BCUT2D eigenvalue weighted by atomic mass is 127. The first-order chi connectivity index (χ1) is 16.2. The second-order valence-corrected chi connectivity index (χ2v) is 8.09. The molecule has 1 unspecified atom stereocenters. The molecule has 1 aromatic heterocycles. The minimum atomic E-state index is 0. The van der Waals surface area contributed by atoms with Crippen LogP contribution >= 0.6 is 24.0 Å². The summed E-state index contributed by atoms with van der Waals surface area (Å²) in [6, 6.07) is 16.2. The van der Waals surface area contributed by atoms with Crippen LogP contribution in [0.4, 0.5) is 0 Å². The van der Waals surface area contributed by atoms with Crippen LogP contribution in [0.2, 0.25) is 0 Å². The van der Waals surface area contributed by atoms with Crippen LogP contribution in [0.3, 0.4) is 0 Å². The fourth-order valence-electron chi connectivity index (χ4n) is 3.68. The van der Waals surface area contributed by atoms with Crippen LogP contribution in [0.25, 0.3) is 11.3 Å². The lowest BCUT2D eigenvalue weighted by Crippen LogP contribution is -2.36. The first-order valence-corrected chi connectivity index (χ1v) is 11.6. The number of aromatic nitrogens is 1. The molecule has 1 saturated heterocycles. The molecule has 1 aliphatic rings. The Morgan fingerprint density at radius 2 is 2.03 bits per heavy atom. The van der Waals surface area contributed by atoms with Crippen LogP contribution < -0.4 is 15.4 Å². The van der Waals surface area contributed by atoms with E-state index < -0.39 is 0 Å². The Hall–Kier alpha value is -2.59. The van der Waals surface area contributed by atoms with E-state index >= 15 is 0 Å². The number of rotatable bonds is 9. The highest BCUT2D eigenvalue weighted by Gasteiger charge is 2.17. The fraction of sp³-hybridized carbons (Fsp3) is 0.385. The van der Waals surface area contributed by atoms with E-state index in [4.69, 9.17) is 18.9 Å². The van der Waals surface area contributed by atoms with Gasteiger partial charge in [0, 0.05) is 24.3 Å². The van der Waals surface area contributed by atoms with Crippen LogP contribution in [-0.4, -0.2) is 36.8 Å². The van der Waals surface area contributed by atoms with E-state index in [9.17, 15) is 0 Å². The van der Waals surface area contributed by atoms with Crippen LogP contribution in [0.1, 0.15) is 36.8 Å². The van der Waals surface area contributed by atoms with E-state index in [0.29, 0.717) is 31.5 Å². The quantitative estimate of drug-likeness (QED) is 0.210. The number of hydrogen-bond acceptors (Lipinski definition) is 5. The lowest BCUT2D eigenvalue weighted by atomic mass is 10.1. The number of benzene rings is 2. The Bertz CT molecular complexity index is 1050. The highest BCUT2D eigenvalue weighted by molar-refractivity contribution is 14.0. The molecule has 1 atom stereocenters. The third-order valence-corrected chi connectivity index (χ3v) is 5.44. The molecule has 0 saturated carbocycles. The lowest BCUT2D eigenvalue weighted by Gasteiger charge is -2.15. The van der Waals surface area contributed by atoms with E-state index in [1.54, 1.807) is 6.20 Å². The molecule has 7 nitrogen and oxygen atoms in total. The van der Waals surface area contributed by atoms with Gasteiger partial charge in [-0.1, -0.05) is 42.5 Å². The van der Waals surface area contributed by atoms with Gasteiger partial charge in [0.1, 0.15) is 12.4 Å². The van der Waals surface area contributed by atoms with Crippen molar-refractivity contribution >= 4 is 29.9 Å². The van der Waals surface area contributed by atoms with Gasteiger partial charge in [0.15, 0.2) is 11.7 Å². The molecule has 0 amide bonds. The van der Waals surface area contributed by atoms with Gasteiger partial charge in [-0.15, -0.1) is 24.0 Å². The van der Waals surface area contributed by atoms with E-state index in [-0.39, 0.29) is 30.1 Å². The molecule has 2 N–H and O–H groups in total. The van der Waals surface area contributed by atoms with Gasteiger partial charge in [-0.25, -0.2) is 9.98 Å². The number of aliphatic imine (C=N–C) groups is 1. The van der Waals surface area contributed by atoms with E-state index in [1.807, 2.05) is 37.3 Å². The van der Waals surface area contributed by atoms with E-state index in [0.717, 1.165) is 54.2 Å². The van der Waals surface area contributed by atoms with Crippen molar-refractivity contribution in [3.05, 3.63) is 71.7 Å². The summed E-state index contributed by atoms with van der Waals surface area (Å²) in [6.45, 7) is 7.20. The SMILES string of the molecule is CCNC(=NCc1ccc(C)cc1OCC1CCCO1)NCc1ncc(-c2ccccc2)o1.I. The molecule has 3 aromatic rings. The van der Waals surface area contributed by atoms with Gasteiger partial charge in [-0.2, -0.15) is 0 Å². The predicted octanol–water partition coefficient (Wildman–Crippen LogP) is 5.08. The maximum atomic E-state index is 6.11. The minimum absolute atomic E-state index is 0. The molecule has 4 rings (SSSR count). The molecule has 182 valence electrons. The summed E-state index contributed by atoms with van der Waals surface area (Å²) in [5.41, 5.74) is 3.21. The zero-order chi connectivity index (χ0) is 22.9. The highest BCUT2D eigenvalue weighted by Crippen LogP contribution is 2.23. The van der Waals surface area contributed by atoms with E-state index in [2.05, 4.69) is 40.7 Å². The third-order valence-electron chi connectivity index (χ3n) is 5.44. The second kappa shape index (κ2) is 13.3. The van der Waals surface area contributed by atoms with Gasteiger partial charge in [-0.3, -0.25) is 0 Å². The van der Waals surface area contributed by atoms with Crippen molar-refractivity contribution in [3.63, 3.8) is 0 Å². The molecule has 34 heavy (non-hydrogen) atoms. The minimum Gasteiger partial charge on any atom is -0.491 e. The van der Waals surface area contributed by atoms with Gasteiger partial charge < -0.3 is 24.5 Å². The lowest BCUT2D eigenvalue weighted by molar-refractivity contribution is 0.0676. The van der Waals surface area contributed by atoms with Crippen molar-refractivity contribution in [1.29, 1.82) is 0 Å². The van der Waals surface area contributed by atoms with Gasteiger partial charge in [0.25, 0.3) is 0 Å². The molecule has 0 radical (unpaired) electrons. The number of nitrogens with one attached hydrogen (secondary N) is 2. The molecule has 0 bridgehead atoms. The summed E-state index contributed by atoms with van der Waals surface area (Å²) in [6.07, 6.45) is 4.09. The average Bonchev–Trinajstić information content (AvgIpc) is 3.53. The maximum Gasteiger partial charge on any atom is 0.214 e. The Kier molecular flexibility index (Phi) is 10.2. The van der Waals surface area contributed by atoms with Crippen molar-refractivity contribution in [2.45, 2.75) is 45.9 Å². The van der Waals surface area contributed by atoms with Crippen molar-refractivity contribution in [2.24, 2.45) is 4.99 Å². The molecule has 2 aromatic carbocycles. The smallest absolute Gasteiger partial charge is 0.214 e. The monoisotopic (exact) mass is 576 g/mol. The molecular formula is C26H33IN4O3. The molecule has 0 spiro atoms. The topological polar surface area (TPSA) is 80.9 Å². The van der Waals surface area contributed by atoms with Crippen molar-refractivity contribution < 1.29 is 13.9 Å².